The molecule has 2 aliphatic heterocycles. The van der Waals surface area contributed by atoms with Crippen molar-refractivity contribution in [1.29, 1.82) is 0 Å². The maximum Gasteiger partial charge on any atom is 0.256 e. The Labute approximate surface area is 140 Å². The number of fused-ring (bicyclic) bond motifs is 1. The van der Waals surface area contributed by atoms with Crippen LogP contribution in [0.4, 0.5) is 0 Å². The van der Waals surface area contributed by atoms with Crippen molar-refractivity contribution in [2.24, 2.45) is 5.92 Å². The van der Waals surface area contributed by atoms with E-state index in [1.54, 1.807) is 12.3 Å². The largest absolute Gasteiger partial charge is 0.352 e. The number of carbonyl (C=O) groups is 2. The van der Waals surface area contributed by atoms with Crippen molar-refractivity contribution in [3.63, 3.8) is 0 Å². The number of piperidine rings is 2. The SMILES string of the molecule is O=C(c1ccc[nH]c1=S)N1CC[C@@H]2[C@H](CCC(=O)N2C2CC2)C1. The summed E-state index contributed by atoms with van der Waals surface area (Å²) in [6, 6.07) is 4.40. The van der Waals surface area contributed by atoms with Crippen molar-refractivity contribution < 1.29 is 9.59 Å². The van der Waals surface area contributed by atoms with Crippen molar-refractivity contribution in [3.8, 4) is 0 Å². The maximum atomic E-state index is 12.7. The number of amides is 2. The summed E-state index contributed by atoms with van der Waals surface area (Å²) in [6.45, 7) is 1.45. The van der Waals surface area contributed by atoms with Gasteiger partial charge in [-0.15, -0.1) is 0 Å². The third kappa shape index (κ3) is 2.69. The normalized spacial score (nSPS) is 27.7. The molecule has 1 aliphatic carbocycles. The molecule has 0 spiro atoms. The van der Waals surface area contributed by atoms with Crippen LogP contribution in [0.3, 0.4) is 0 Å². The second-order valence-electron chi connectivity index (χ2n) is 6.85. The Balaban J connectivity index is 1.51. The van der Waals surface area contributed by atoms with Crippen LogP contribution in [0.2, 0.25) is 0 Å². The standard InChI is InChI=1S/C17H21N3O2S/c21-15-6-3-11-10-19(9-7-14(11)20(15)12-4-5-12)17(22)13-2-1-8-18-16(13)23/h1-2,8,11-12,14H,3-7,9-10H2,(H,18,23)/t11-,14-/m1/s1. The molecule has 3 aliphatic rings. The third-order valence-electron chi connectivity index (χ3n) is 5.34. The van der Waals surface area contributed by atoms with E-state index in [1.165, 1.54) is 0 Å². The molecular formula is C17H21N3O2S. The van der Waals surface area contributed by atoms with E-state index in [-0.39, 0.29) is 5.91 Å². The molecule has 6 heteroatoms. The Morgan fingerprint density at radius 1 is 1.26 bits per heavy atom. The minimum Gasteiger partial charge on any atom is -0.352 e. The van der Waals surface area contributed by atoms with Crippen LogP contribution in [0.1, 0.15) is 42.5 Å². The van der Waals surface area contributed by atoms with E-state index in [1.807, 2.05) is 11.0 Å². The average Bonchev–Trinajstić information content (AvgIpc) is 3.39. The minimum absolute atomic E-state index is 0.0140. The Morgan fingerprint density at radius 3 is 2.83 bits per heavy atom. The zero-order valence-electron chi connectivity index (χ0n) is 13.0. The van der Waals surface area contributed by atoms with Gasteiger partial charge < -0.3 is 14.8 Å². The van der Waals surface area contributed by atoms with Gasteiger partial charge in [0.05, 0.1) is 5.56 Å². The second kappa shape index (κ2) is 5.74. The number of hydrogen-bond donors (Lipinski definition) is 1. The molecule has 5 nitrogen and oxygen atoms in total. The van der Waals surface area contributed by atoms with E-state index in [0.29, 0.717) is 47.1 Å². The number of nitrogens with zero attached hydrogens (tertiary/aromatic N) is 2. The zero-order valence-corrected chi connectivity index (χ0v) is 13.8. The molecule has 0 aromatic carbocycles. The van der Waals surface area contributed by atoms with Gasteiger partial charge in [-0.3, -0.25) is 9.59 Å². The molecule has 2 atom stereocenters. The number of nitrogens with one attached hydrogen (secondary N) is 1. The van der Waals surface area contributed by atoms with Gasteiger partial charge in [0.25, 0.3) is 5.91 Å². The molecule has 3 fully saturated rings. The molecule has 122 valence electrons. The lowest BCUT2D eigenvalue weighted by Gasteiger charge is -2.47. The molecule has 23 heavy (non-hydrogen) atoms. The lowest BCUT2D eigenvalue weighted by Crippen LogP contribution is -2.57. The van der Waals surface area contributed by atoms with E-state index >= 15 is 0 Å². The van der Waals surface area contributed by atoms with Gasteiger partial charge in [-0.25, -0.2) is 0 Å². The number of hydrogen-bond acceptors (Lipinski definition) is 3. The van der Waals surface area contributed by atoms with Crippen LogP contribution in [0.25, 0.3) is 0 Å². The Hall–Kier alpha value is -1.69. The molecule has 0 radical (unpaired) electrons. The quantitative estimate of drug-likeness (QED) is 0.847. The molecule has 1 saturated carbocycles. The summed E-state index contributed by atoms with van der Waals surface area (Å²) >= 11 is 5.23. The zero-order chi connectivity index (χ0) is 16.0. The highest BCUT2D eigenvalue weighted by Gasteiger charge is 2.45. The van der Waals surface area contributed by atoms with Gasteiger partial charge in [-0.1, -0.05) is 12.2 Å². The monoisotopic (exact) mass is 331 g/mol. The molecule has 1 N–H and O–H groups in total. The van der Waals surface area contributed by atoms with Crippen LogP contribution in [0.15, 0.2) is 18.3 Å². The highest BCUT2D eigenvalue weighted by Crippen LogP contribution is 2.39. The van der Waals surface area contributed by atoms with Crippen molar-refractivity contribution >= 4 is 24.0 Å². The van der Waals surface area contributed by atoms with E-state index < -0.39 is 0 Å². The number of aromatic amines is 1. The lowest BCUT2D eigenvalue weighted by atomic mass is 9.83. The first-order chi connectivity index (χ1) is 11.1. The summed E-state index contributed by atoms with van der Waals surface area (Å²) in [6.07, 6.45) is 6.46. The van der Waals surface area contributed by atoms with Gasteiger partial charge >= 0.3 is 0 Å². The van der Waals surface area contributed by atoms with Crippen LogP contribution >= 0.6 is 12.2 Å². The number of aromatic nitrogens is 1. The second-order valence-corrected chi connectivity index (χ2v) is 7.26. The molecule has 0 bridgehead atoms. The van der Waals surface area contributed by atoms with E-state index in [4.69, 9.17) is 12.2 Å². The molecule has 1 aromatic heterocycles. The highest BCUT2D eigenvalue weighted by molar-refractivity contribution is 7.71. The fourth-order valence-corrected chi connectivity index (χ4v) is 4.29. The number of rotatable bonds is 2. The number of pyridine rings is 1. The average molecular weight is 331 g/mol. The summed E-state index contributed by atoms with van der Waals surface area (Å²) in [5.74, 6) is 0.742. The molecule has 3 heterocycles. The first-order valence-electron chi connectivity index (χ1n) is 8.43. The summed E-state index contributed by atoms with van der Waals surface area (Å²) in [5, 5.41) is 0. The van der Waals surface area contributed by atoms with Gasteiger partial charge in [-0.2, -0.15) is 0 Å². The third-order valence-corrected chi connectivity index (χ3v) is 5.68. The van der Waals surface area contributed by atoms with Gasteiger partial charge in [0.15, 0.2) is 0 Å². The predicted molar refractivity (Wildman–Crippen MR) is 88.5 cm³/mol. The Morgan fingerprint density at radius 2 is 2.09 bits per heavy atom. The van der Waals surface area contributed by atoms with Crippen molar-refractivity contribution in [2.45, 2.75) is 44.2 Å². The van der Waals surface area contributed by atoms with Crippen LogP contribution in [-0.2, 0) is 4.79 Å². The maximum absolute atomic E-state index is 12.7. The van der Waals surface area contributed by atoms with Crippen LogP contribution in [-0.4, -0.2) is 51.8 Å². The lowest BCUT2D eigenvalue weighted by molar-refractivity contribution is -0.141. The Kier molecular flexibility index (Phi) is 3.71. The topological polar surface area (TPSA) is 56.4 Å². The van der Waals surface area contributed by atoms with E-state index in [9.17, 15) is 9.59 Å². The summed E-state index contributed by atoms with van der Waals surface area (Å²) < 4.78 is 0.498. The van der Waals surface area contributed by atoms with Crippen molar-refractivity contribution in [2.75, 3.05) is 13.1 Å². The first kappa shape index (κ1) is 14.9. The fourth-order valence-electron chi connectivity index (χ4n) is 4.06. The smallest absolute Gasteiger partial charge is 0.256 e. The molecule has 2 saturated heterocycles. The van der Waals surface area contributed by atoms with Crippen molar-refractivity contribution in [1.82, 2.24) is 14.8 Å². The fraction of sp³-hybridized carbons (Fsp3) is 0.588. The number of H-pyrrole nitrogens is 1. The van der Waals surface area contributed by atoms with E-state index in [2.05, 4.69) is 9.88 Å². The number of likely N-dealkylation sites (tertiary alicyclic amines) is 2. The van der Waals surface area contributed by atoms with Crippen LogP contribution < -0.4 is 0 Å². The summed E-state index contributed by atoms with van der Waals surface area (Å²) in [7, 11) is 0. The summed E-state index contributed by atoms with van der Waals surface area (Å²) in [4.78, 5) is 32.0. The number of carbonyl (C=O) groups excluding carboxylic acids is 2. The molecule has 1 aromatic rings. The Bertz CT molecular complexity index is 697. The van der Waals surface area contributed by atoms with Gasteiger partial charge in [-0.05, 0) is 43.7 Å². The summed E-state index contributed by atoms with van der Waals surface area (Å²) in [5.41, 5.74) is 0.576. The molecule has 0 unspecified atom stereocenters. The predicted octanol–water partition coefficient (Wildman–Crippen LogP) is 2.36. The van der Waals surface area contributed by atoms with E-state index in [0.717, 1.165) is 32.2 Å². The molecule has 4 rings (SSSR count). The first-order valence-corrected chi connectivity index (χ1v) is 8.84. The van der Waals surface area contributed by atoms with Crippen molar-refractivity contribution in [3.05, 3.63) is 28.5 Å². The highest BCUT2D eigenvalue weighted by atomic mass is 32.1. The molecule has 2 amide bonds. The van der Waals surface area contributed by atoms with Gasteiger partial charge in [0, 0.05) is 37.8 Å². The van der Waals surface area contributed by atoms with Crippen LogP contribution in [0, 0.1) is 10.6 Å². The minimum atomic E-state index is 0.0140. The van der Waals surface area contributed by atoms with Gasteiger partial charge in [0.2, 0.25) is 5.91 Å². The van der Waals surface area contributed by atoms with Gasteiger partial charge in [0.1, 0.15) is 4.64 Å². The van der Waals surface area contributed by atoms with Crippen LogP contribution in [0.5, 0.6) is 0 Å². The molecular weight excluding hydrogens is 310 g/mol.